The number of carbonyl (C=O) groups excluding carboxylic acids is 1. The lowest BCUT2D eigenvalue weighted by molar-refractivity contribution is -0.120. The number of aryl methyl sites for hydroxylation is 1. The summed E-state index contributed by atoms with van der Waals surface area (Å²) < 4.78 is 17.0. The Morgan fingerprint density at radius 2 is 2.02 bits per heavy atom. The third-order valence-electron chi connectivity index (χ3n) is 7.41. The largest absolute Gasteiger partial charge is 0.323 e. The summed E-state index contributed by atoms with van der Waals surface area (Å²) in [5.74, 6) is -0.675. The predicted molar refractivity (Wildman–Crippen MR) is 157 cm³/mol. The van der Waals surface area contributed by atoms with Crippen LogP contribution in [0.2, 0.25) is 10.2 Å². The molecule has 2 fully saturated rings. The molecule has 3 aromatic rings. The highest BCUT2D eigenvalue weighted by molar-refractivity contribution is 6.31. The highest BCUT2D eigenvalue weighted by Crippen LogP contribution is 2.55. The van der Waals surface area contributed by atoms with Gasteiger partial charge in [0, 0.05) is 41.2 Å². The summed E-state index contributed by atoms with van der Waals surface area (Å²) in [6.45, 7) is 5.46. The molecule has 40 heavy (non-hydrogen) atoms. The first-order valence-corrected chi connectivity index (χ1v) is 13.7. The van der Waals surface area contributed by atoms with E-state index in [9.17, 15) is 9.59 Å². The van der Waals surface area contributed by atoms with Crippen LogP contribution >= 0.6 is 23.2 Å². The second kappa shape index (κ2) is 11.1. The number of hydrogen-bond acceptors (Lipinski definition) is 5. The number of pyridine rings is 1. The minimum atomic E-state index is -0.602. The summed E-state index contributed by atoms with van der Waals surface area (Å²) in [6, 6.07) is 6.64. The Morgan fingerprint density at radius 3 is 2.73 bits per heavy atom. The fourth-order valence-electron chi connectivity index (χ4n) is 4.62. The van der Waals surface area contributed by atoms with Gasteiger partial charge < -0.3 is 5.32 Å². The molecule has 2 saturated carbocycles. The lowest BCUT2D eigenvalue weighted by Gasteiger charge is -2.13. The fourth-order valence-corrected chi connectivity index (χ4v) is 5.06. The maximum absolute atomic E-state index is 15.6. The third kappa shape index (κ3) is 5.64. The van der Waals surface area contributed by atoms with Crippen LogP contribution in [0, 0.1) is 18.2 Å². The van der Waals surface area contributed by atoms with E-state index in [1.54, 1.807) is 44.3 Å². The van der Waals surface area contributed by atoms with E-state index in [4.69, 9.17) is 23.2 Å². The molecule has 2 aliphatic carbocycles. The summed E-state index contributed by atoms with van der Waals surface area (Å²) >= 11 is 12.6. The van der Waals surface area contributed by atoms with Crippen molar-refractivity contribution in [3.05, 3.63) is 104 Å². The molecule has 2 heterocycles. The van der Waals surface area contributed by atoms with Crippen molar-refractivity contribution in [2.75, 3.05) is 5.32 Å². The van der Waals surface area contributed by atoms with Gasteiger partial charge in [0.15, 0.2) is 5.82 Å². The van der Waals surface area contributed by atoms with Gasteiger partial charge in [0.1, 0.15) is 10.2 Å². The highest BCUT2D eigenvalue weighted by Gasteiger charge is 2.45. The van der Waals surface area contributed by atoms with Gasteiger partial charge in [-0.15, -0.1) is 0 Å². The molecule has 2 unspecified atom stereocenters. The second-order valence-corrected chi connectivity index (χ2v) is 11.2. The zero-order chi connectivity index (χ0) is 28.6. The fraction of sp³-hybridized carbons (Fsp3) is 0.300. The standard InChI is InChI=1S/C30H28Cl2FN5O2/c1-4-11-35-22(18-6-5-7-23(27(18)33)37-29(40)30(3)9-10-30)8-12-38-17(2)13-21(26(32)28(38)39)19-14-20(19)24-15-34-16-25(31)36-24/h4-8,11-13,15-16,19-20H,9-10,14H2,1-3H3,(H,37,40)/b11-4+,12-8+,35-22-. The number of carbonyl (C=O) groups is 1. The van der Waals surface area contributed by atoms with Crippen molar-refractivity contribution in [3.63, 3.8) is 0 Å². The van der Waals surface area contributed by atoms with Gasteiger partial charge in [0.25, 0.3) is 5.56 Å². The molecule has 206 valence electrons. The number of anilines is 1. The van der Waals surface area contributed by atoms with Crippen LogP contribution in [0.15, 0.2) is 64.8 Å². The molecular formula is C30H28Cl2FN5O2. The lowest BCUT2D eigenvalue weighted by atomic mass is 10.1. The van der Waals surface area contributed by atoms with Gasteiger partial charge in [-0.3, -0.25) is 24.1 Å². The van der Waals surface area contributed by atoms with Crippen molar-refractivity contribution in [2.24, 2.45) is 10.4 Å². The highest BCUT2D eigenvalue weighted by atomic mass is 35.5. The SMILES string of the molecule is C/C=C/N=C(/C=C/n1c(C)cc(C2CC2c2cncc(Cl)n2)c(Cl)c1=O)c1cccc(NC(=O)C2(C)CC2)c1F. The molecule has 0 bridgehead atoms. The van der Waals surface area contributed by atoms with E-state index in [0.29, 0.717) is 10.8 Å². The zero-order valence-electron chi connectivity index (χ0n) is 22.3. The Balaban J connectivity index is 1.43. The Morgan fingerprint density at radius 1 is 1.25 bits per heavy atom. The third-order valence-corrected chi connectivity index (χ3v) is 7.98. The van der Waals surface area contributed by atoms with Gasteiger partial charge in [-0.1, -0.05) is 42.3 Å². The van der Waals surface area contributed by atoms with Crippen molar-refractivity contribution < 1.29 is 9.18 Å². The number of allylic oxidation sites excluding steroid dienone is 2. The maximum Gasteiger partial charge on any atom is 0.273 e. The minimum Gasteiger partial charge on any atom is -0.323 e. The zero-order valence-corrected chi connectivity index (χ0v) is 23.8. The van der Waals surface area contributed by atoms with Gasteiger partial charge >= 0.3 is 0 Å². The second-order valence-electron chi connectivity index (χ2n) is 10.4. The number of hydrogen-bond donors (Lipinski definition) is 1. The van der Waals surface area contributed by atoms with Crippen LogP contribution in [0.3, 0.4) is 0 Å². The number of rotatable bonds is 8. The first-order valence-electron chi connectivity index (χ1n) is 13.0. The Kier molecular flexibility index (Phi) is 7.75. The number of amides is 1. The van der Waals surface area contributed by atoms with Crippen molar-refractivity contribution >= 4 is 46.7 Å². The number of aliphatic imine (C=N–C) groups is 1. The van der Waals surface area contributed by atoms with Crippen molar-refractivity contribution in [1.82, 2.24) is 14.5 Å². The number of nitrogens with zero attached hydrogens (tertiary/aromatic N) is 4. The van der Waals surface area contributed by atoms with E-state index in [-0.39, 0.29) is 45.3 Å². The van der Waals surface area contributed by atoms with Crippen LogP contribution < -0.4 is 10.9 Å². The smallest absolute Gasteiger partial charge is 0.273 e. The first kappa shape index (κ1) is 27.9. The van der Waals surface area contributed by atoms with E-state index in [1.807, 2.05) is 13.0 Å². The molecule has 1 aromatic carbocycles. The number of aromatic nitrogens is 3. The average molecular weight is 580 g/mol. The van der Waals surface area contributed by atoms with Crippen molar-refractivity contribution in [3.8, 4) is 0 Å². The van der Waals surface area contributed by atoms with E-state index < -0.39 is 11.2 Å². The van der Waals surface area contributed by atoms with Gasteiger partial charge in [0.2, 0.25) is 5.91 Å². The number of nitrogens with one attached hydrogen (secondary N) is 1. The number of benzene rings is 1. The molecule has 0 spiro atoms. The Hall–Kier alpha value is -3.62. The normalized spacial score (nSPS) is 19.8. The van der Waals surface area contributed by atoms with Crippen molar-refractivity contribution in [2.45, 2.75) is 51.9 Å². The summed E-state index contributed by atoms with van der Waals surface area (Å²) in [6.07, 6.45) is 11.8. The maximum atomic E-state index is 15.6. The van der Waals surface area contributed by atoms with E-state index in [0.717, 1.165) is 30.5 Å². The van der Waals surface area contributed by atoms with Gasteiger partial charge in [0.05, 0.1) is 23.3 Å². The van der Waals surface area contributed by atoms with Crippen LogP contribution in [0.4, 0.5) is 10.1 Å². The predicted octanol–water partition coefficient (Wildman–Crippen LogP) is 6.90. The van der Waals surface area contributed by atoms with Crippen LogP contribution in [-0.2, 0) is 4.79 Å². The van der Waals surface area contributed by atoms with E-state index >= 15 is 4.39 Å². The quantitative estimate of drug-likeness (QED) is 0.294. The molecule has 5 rings (SSSR count). The Labute approximate surface area is 241 Å². The van der Waals surface area contributed by atoms with Crippen LogP contribution in [0.1, 0.15) is 67.5 Å². The molecule has 7 nitrogen and oxygen atoms in total. The molecular weight excluding hydrogens is 552 g/mol. The summed E-state index contributed by atoms with van der Waals surface area (Å²) in [5, 5.41) is 3.15. The van der Waals surface area contributed by atoms with Crippen LogP contribution in [-0.4, -0.2) is 26.2 Å². The topological polar surface area (TPSA) is 89.2 Å². The first-order chi connectivity index (χ1) is 19.1. The van der Waals surface area contributed by atoms with E-state index in [1.165, 1.54) is 29.2 Å². The van der Waals surface area contributed by atoms with Gasteiger partial charge in [-0.2, -0.15) is 0 Å². The molecule has 0 radical (unpaired) electrons. The molecule has 0 saturated heterocycles. The minimum absolute atomic E-state index is 0.0436. The molecule has 10 heteroatoms. The summed E-state index contributed by atoms with van der Waals surface area (Å²) in [4.78, 5) is 38.6. The van der Waals surface area contributed by atoms with Crippen LogP contribution in [0.5, 0.6) is 0 Å². The average Bonchev–Trinajstić information content (AvgIpc) is 3.86. The molecule has 1 N–H and O–H groups in total. The summed E-state index contributed by atoms with van der Waals surface area (Å²) in [7, 11) is 0. The van der Waals surface area contributed by atoms with E-state index in [2.05, 4.69) is 20.3 Å². The Bertz CT molecular complexity index is 1640. The molecule has 1 amide bonds. The lowest BCUT2D eigenvalue weighted by Crippen LogP contribution is -2.22. The van der Waals surface area contributed by atoms with Gasteiger partial charge in [-0.05, 0) is 68.9 Å². The molecule has 2 aliphatic rings. The molecule has 0 aliphatic heterocycles. The number of halogens is 3. The molecule has 2 atom stereocenters. The van der Waals surface area contributed by atoms with Gasteiger partial charge in [-0.25, -0.2) is 9.37 Å². The monoisotopic (exact) mass is 579 g/mol. The van der Waals surface area contributed by atoms with Crippen LogP contribution in [0.25, 0.3) is 6.20 Å². The van der Waals surface area contributed by atoms with Crippen molar-refractivity contribution in [1.29, 1.82) is 0 Å². The molecule has 2 aromatic heterocycles. The summed E-state index contributed by atoms with van der Waals surface area (Å²) in [5.41, 5.74) is 1.89.